The van der Waals surface area contributed by atoms with E-state index in [1.54, 1.807) is 7.11 Å². The third-order valence-corrected chi connectivity index (χ3v) is 4.23. The molecule has 21 heavy (non-hydrogen) atoms. The molecule has 0 amide bonds. The molecule has 1 aromatic rings. The predicted octanol–water partition coefficient (Wildman–Crippen LogP) is 1.96. The maximum atomic E-state index is 6.06. The van der Waals surface area contributed by atoms with Gasteiger partial charge in [-0.05, 0) is 24.6 Å². The molecule has 0 spiro atoms. The fraction of sp³-hybridized carbons (Fsp3) is 0.533. The van der Waals surface area contributed by atoms with Gasteiger partial charge in [-0.2, -0.15) is 11.8 Å². The molecule has 0 aromatic heterocycles. The molecule has 1 saturated heterocycles. The summed E-state index contributed by atoms with van der Waals surface area (Å²) >= 11 is 1.96. The van der Waals surface area contributed by atoms with E-state index in [0.29, 0.717) is 19.1 Å². The summed E-state index contributed by atoms with van der Waals surface area (Å²) in [5.74, 6) is 4.36. The number of nitrogens with zero attached hydrogens (tertiary/aromatic N) is 2. The molecule has 0 radical (unpaired) electrons. The van der Waals surface area contributed by atoms with Gasteiger partial charge in [-0.25, -0.2) is 4.99 Å². The largest absolute Gasteiger partial charge is 0.493 e. The van der Waals surface area contributed by atoms with Crippen LogP contribution < -0.4 is 15.2 Å². The highest BCUT2D eigenvalue weighted by molar-refractivity contribution is 7.99. The summed E-state index contributed by atoms with van der Waals surface area (Å²) < 4.78 is 10.9. The van der Waals surface area contributed by atoms with Gasteiger partial charge in [0.2, 0.25) is 0 Å². The first kappa shape index (κ1) is 15.8. The summed E-state index contributed by atoms with van der Waals surface area (Å²) in [4.78, 5) is 6.63. The quantitative estimate of drug-likeness (QED) is 0.665. The van der Waals surface area contributed by atoms with Crippen LogP contribution >= 0.6 is 11.8 Å². The van der Waals surface area contributed by atoms with Crippen LogP contribution in [0, 0.1) is 0 Å². The van der Waals surface area contributed by atoms with Crippen LogP contribution in [0.2, 0.25) is 0 Å². The Hall–Kier alpha value is -1.56. The van der Waals surface area contributed by atoms with Crippen LogP contribution in [0.15, 0.2) is 23.2 Å². The third-order valence-electron chi connectivity index (χ3n) is 3.29. The van der Waals surface area contributed by atoms with E-state index >= 15 is 0 Å². The van der Waals surface area contributed by atoms with Crippen LogP contribution in [0.4, 0.5) is 0 Å². The number of thioether (sulfide) groups is 1. The molecule has 1 aromatic carbocycles. The highest BCUT2D eigenvalue weighted by Gasteiger charge is 2.12. The van der Waals surface area contributed by atoms with E-state index in [9.17, 15) is 0 Å². The second kappa shape index (κ2) is 8.02. The minimum Gasteiger partial charge on any atom is -0.493 e. The SMILES string of the molecule is CCOc1ccc(CN=C(N)N2CCSCC2)cc1OC. The Morgan fingerprint density at radius 3 is 2.76 bits per heavy atom. The molecule has 5 nitrogen and oxygen atoms in total. The molecule has 2 N–H and O–H groups in total. The van der Waals surface area contributed by atoms with Crippen molar-refractivity contribution in [2.75, 3.05) is 38.3 Å². The number of rotatable bonds is 5. The lowest BCUT2D eigenvalue weighted by Crippen LogP contribution is -2.42. The lowest BCUT2D eigenvalue weighted by Gasteiger charge is -2.27. The molecular weight excluding hydrogens is 286 g/mol. The van der Waals surface area contributed by atoms with Crippen LogP contribution in [-0.2, 0) is 6.54 Å². The van der Waals surface area contributed by atoms with E-state index < -0.39 is 0 Å². The van der Waals surface area contributed by atoms with Crippen molar-refractivity contribution in [2.24, 2.45) is 10.7 Å². The number of guanidine groups is 1. The fourth-order valence-electron chi connectivity index (χ4n) is 2.15. The number of aliphatic imine (C=N–C) groups is 1. The molecule has 1 fully saturated rings. The Kier molecular flexibility index (Phi) is 6.04. The minimum absolute atomic E-state index is 0.554. The molecule has 116 valence electrons. The van der Waals surface area contributed by atoms with Crippen molar-refractivity contribution in [3.8, 4) is 11.5 Å². The monoisotopic (exact) mass is 309 g/mol. The second-order valence-corrected chi connectivity index (χ2v) is 5.92. The molecule has 1 aliphatic heterocycles. The van der Waals surface area contributed by atoms with Gasteiger partial charge in [-0.1, -0.05) is 6.07 Å². The van der Waals surface area contributed by atoms with Crippen molar-refractivity contribution < 1.29 is 9.47 Å². The number of hydrogen-bond donors (Lipinski definition) is 1. The Bertz CT molecular complexity index is 488. The highest BCUT2D eigenvalue weighted by Crippen LogP contribution is 2.28. The van der Waals surface area contributed by atoms with E-state index in [2.05, 4.69) is 9.89 Å². The summed E-state index contributed by atoms with van der Waals surface area (Å²) in [6, 6.07) is 5.87. The van der Waals surface area contributed by atoms with Crippen LogP contribution in [0.3, 0.4) is 0 Å². The number of hydrogen-bond acceptors (Lipinski definition) is 4. The highest BCUT2D eigenvalue weighted by atomic mass is 32.2. The zero-order valence-corrected chi connectivity index (χ0v) is 13.5. The first-order valence-electron chi connectivity index (χ1n) is 7.17. The smallest absolute Gasteiger partial charge is 0.191 e. The average molecular weight is 309 g/mol. The molecule has 0 bridgehead atoms. The number of methoxy groups -OCH3 is 1. The van der Waals surface area contributed by atoms with Gasteiger partial charge in [-0.15, -0.1) is 0 Å². The van der Waals surface area contributed by atoms with Crippen molar-refractivity contribution in [3.63, 3.8) is 0 Å². The molecule has 2 rings (SSSR count). The van der Waals surface area contributed by atoms with Crippen LogP contribution in [0.25, 0.3) is 0 Å². The Labute approximate surface area is 130 Å². The van der Waals surface area contributed by atoms with Gasteiger partial charge in [-0.3, -0.25) is 0 Å². The van der Waals surface area contributed by atoms with Crippen molar-refractivity contribution in [1.82, 2.24) is 4.90 Å². The minimum atomic E-state index is 0.554. The van der Waals surface area contributed by atoms with Gasteiger partial charge in [0.1, 0.15) is 0 Å². The lowest BCUT2D eigenvalue weighted by molar-refractivity contribution is 0.310. The first-order chi connectivity index (χ1) is 10.2. The van der Waals surface area contributed by atoms with E-state index in [4.69, 9.17) is 15.2 Å². The maximum absolute atomic E-state index is 6.06. The van der Waals surface area contributed by atoms with Crippen LogP contribution in [0.1, 0.15) is 12.5 Å². The number of ether oxygens (including phenoxy) is 2. The van der Waals surface area contributed by atoms with Crippen molar-refractivity contribution in [2.45, 2.75) is 13.5 Å². The van der Waals surface area contributed by atoms with Gasteiger partial charge in [0, 0.05) is 24.6 Å². The van der Waals surface area contributed by atoms with E-state index in [1.165, 1.54) is 0 Å². The molecule has 1 heterocycles. The van der Waals surface area contributed by atoms with Crippen molar-refractivity contribution in [1.29, 1.82) is 0 Å². The first-order valence-corrected chi connectivity index (χ1v) is 8.32. The zero-order chi connectivity index (χ0) is 15.1. The van der Waals surface area contributed by atoms with Crippen LogP contribution in [-0.4, -0.2) is 49.2 Å². The fourth-order valence-corrected chi connectivity index (χ4v) is 3.05. The number of benzene rings is 1. The van der Waals surface area contributed by atoms with Gasteiger partial charge in [0.25, 0.3) is 0 Å². The van der Waals surface area contributed by atoms with E-state index in [-0.39, 0.29) is 0 Å². The Morgan fingerprint density at radius 2 is 2.10 bits per heavy atom. The molecule has 0 atom stereocenters. The van der Waals surface area contributed by atoms with E-state index in [0.717, 1.165) is 41.7 Å². The average Bonchev–Trinajstić information content (AvgIpc) is 2.54. The van der Waals surface area contributed by atoms with Crippen LogP contribution in [0.5, 0.6) is 11.5 Å². The molecule has 1 aliphatic rings. The van der Waals surface area contributed by atoms with E-state index in [1.807, 2.05) is 36.9 Å². The Balaban J connectivity index is 2.01. The lowest BCUT2D eigenvalue weighted by atomic mass is 10.2. The van der Waals surface area contributed by atoms with Crippen molar-refractivity contribution >= 4 is 17.7 Å². The van der Waals surface area contributed by atoms with Gasteiger partial charge in [0.15, 0.2) is 17.5 Å². The molecule has 6 heteroatoms. The van der Waals surface area contributed by atoms with Gasteiger partial charge >= 0.3 is 0 Å². The molecule has 0 aliphatic carbocycles. The van der Waals surface area contributed by atoms with Gasteiger partial charge in [0.05, 0.1) is 20.3 Å². The Morgan fingerprint density at radius 1 is 1.33 bits per heavy atom. The molecule has 0 unspecified atom stereocenters. The van der Waals surface area contributed by atoms with Gasteiger partial charge < -0.3 is 20.1 Å². The summed E-state index contributed by atoms with van der Waals surface area (Å²) in [7, 11) is 1.64. The number of nitrogens with two attached hydrogens (primary N) is 1. The maximum Gasteiger partial charge on any atom is 0.191 e. The topological polar surface area (TPSA) is 60.1 Å². The normalized spacial score (nSPS) is 15.9. The summed E-state index contributed by atoms with van der Waals surface area (Å²) in [6.07, 6.45) is 0. The molecular formula is C15H23N3O2S. The summed E-state index contributed by atoms with van der Waals surface area (Å²) in [6.45, 7) is 5.08. The standard InChI is InChI=1S/C15H23N3O2S/c1-3-20-13-5-4-12(10-14(13)19-2)11-17-15(16)18-6-8-21-9-7-18/h4-5,10H,3,6-9,11H2,1-2H3,(H2,16,17). The summed E-state index contributed by atoms with van der Waals surface area (Å²) in [5.41, 5.74) is 7.11. The predicted molar refractivity (Wildman–Crippen MR) is 88.4 cm³/mol. The zero-order valence-electron chi connectivity index (χ0n) is 12.7. The van der Waals surface area contributed by atoms with Crippen molar-refractivity contribution in [3.05, 3.63) is 23.8 Å². The third kappa shape index (κ3) is 4.46. The molecule has 0 saturated carbocycles. The second-order valence-electron chi connectivity index (χ2n) is 4.69. The summed E-state index contributed by atoms with van der Waals surface area (Å²) in [5, 5.41) is 0.